The second-order valence-electron chi connectivity index (χ2n) is 11.8. The van der Waals surface area contributed by atoms with Crippen LogP contribution in [0.2, 0.25) is 10.3 Å². The molecular formula is C36H28Cl2F5N3O4. The summed E-state index contributed by atoms with van der Waals surface area (Å²) in [5.74, 6) is -12.7. The van der Waals surface area contributed by atoms with Crippen molar-refractivity contribution in [3.63, 3.8) is 0 Å². The number of benzene rings is 4. The minimum absolute atomic E-state index is 0.0854. The zero-order chi connectivity index (χ0) is 35.7. The second-order valence-corrected chi connectivity index (χ2v) is 12.5. The molecule has 0 bridgehead atoms. The molecule has 1 saturated heterocycles. The van der Waals surface area contributed by atoms with Crippen molar-refractivity contribution < 1.29 is 41.3 Å². The second kappa shape index (κ2) is 14.9. The molecule has 14 heteroatoms. The maximum atomic E-state index is 14.1. The molecule has 4 atom stereocenters. The number of halogens is 7. The number of imidazole rings is 1. The van der Waals surface area contributed by atoms with Crippen molar-refractivity contribution >= 4 is 29.1 Å². The highest BCUT2D eigenvalue weighted by Gasteiger charge is 2.39. The molecule has 1 fully saturated rings. The van der Waals surface area contributed by atoms with Gasteiger partial charge >= 0.3 is 0 Å². The first-order chi connectivity index (χ1) is 24.0. The Morgan fingerprint density at radius 2 is 1.48 bits per heavy atom. The van der Waals surface area contributed by atoms with Crippen LogP contribution in [0.4, 0.5) is 22.0 Å². The zero-order valence-electron chi connectivity index (χ0n) is 26.1. The van der Waals surface area contributed by atoms with Gasteiger partial charge in [-0.25, -0.2) is 26.9 Å². The highest BCUT2D eigenvalue weighted by Crippen LogP contribution is 2.43. The predicted octanol–water partition coefficient (Wildman–Crippen LogP) is 8.47. The third-order valence-corrected chi connectivity index (χ3v) is 9.34. The Balaban J connectivity index is 1.20. The van der Waals surface area contributed by atoms with Crippen LogP contribution in [0.25, 0.3) is 11.1 Å². The summed E-state index contributed by atoms with van der Waals surface area (Å²) in [6.45, 7) is 2.04. The van der Waals surface area contributed by atoms with E-state index < -0.39 is 46.8 Å². The number of hydrogen-bond donors (Lipinski definition) is 2. The number of nitrogens with zero attached hydrogens (tertiary/aromatic N) is 2. The van der Waals surface area contributed by atoms with Gasteiger partial charge in [-0.3, -0.25) is 4.79 Å². The first kappa shape index (κ1) is 35.5. The summed E-state index contributed by atoms with van der Waals surface area (Å²) in [7, 11) is 0. The van der Waals surface area contributed by atoms with Crippen LogP contribution >= 0.6 is 23.2 Å². The molecule has 4 aromatic carbocycles. The molecule has 1 aliphatic rings. The summed E-state index contributed by atoms with van der Waals surface area (Å²) in [6, 6.07) is 21.7. The zero-order valence-corrected chi connectivity index (χ0v) is 27.7. The summed E-state index contributed by atoms with van der Waals surface area (Å²) < 4.78 is 83.5. The summed E-state index contributed by atoms with van der Waals surface area (Å²) >= 11 is 12.4. The number of aliphatic hydroxyl groups is 1. The molecule has 50 heavy (non-hydrogen) atoms. The molecule has 1 aliphatic heterocycles. The standard InChI is InChI=1S/C36H28Cl2F5N3O4/c1-18-25(15-46-17-45-33(37)34(46)38)49-36(50-32(18)22-7-5-19(16-47)6-8-22)23-11-9-21(10-12-23)24-4-2-3-20(13-24)14-44-35(48)26-27(39)29(41)31(43)30(42)28(26)40/h2-13,17-18,25,32,36,47H,14-16H2,1H3,(H,44,48)/t18-,25+,32+,36+/m0/s1. The molecule has 2 N–H and O–H groups in total. The highest BCUT2D eigenvalue weighted by atomic mass is 35.5. The Labute approximate surface area is 293 Å². The fourth-order valence-electron chi connectivity index (χ4n) is 5.76. The van der Waals surface area contributed by atoms with Crippen LogP contribution in [-0.2, 0) is 29.2 Å². The number of amides is 1. The van der Waals surface area contributed by atoms with Gasteiger partial charge in [-0.2, -0.15) is 0 Å². The lowest BCUT2D eigenvalue weighted by molar-refractivity contribution is -0.276. The van der Waals surface area contributed by atoms with E-state index >= 15 is 0 Å². The Morgan fingerprint density at radius 1 is 0.840 bits per heavy atom. The van der Waals surface area contributed by atoms with E-state index in [2.05, 4.69) is 10.3 Å². The molecule has 5 aromatic rings. The topological polar surface area (TPSA) is 85.6 Å². The summed E-state index contributed by atoms with van der Waals surface area (Å²) in [6.07, 6.45) is 0.0361. The van der Waals surface area contributed by atoms with Gasteiger partial charge in [-0.15, -0.1) is 0 Å². The maximum absolute atomic E-state index is 14.1. The molecule has 260 valence electrons. The van der Waals surface area contributed by atoms with Gasteiger partial charge in [0.1, 0.15) is 10.7 Å². The van der Waals surface area contributed by atoms with Crippen molar-refractivity contribution in [1.29, 1.82) is 0 Å². The van der Waals surface area contributed by atoms with E-state index in [4.69, 9.17) is 32.7 Å². The van der Waals surface area contributed by atoms with Crippen molar-refractivity contribution in [3.8, 4) is 11.1 Å². The van der Waals surface area contributed by atoms with E-state index in [-0.39, 0.29) is 41.6 Å². The predicted molar refractivity (Wildman–Crippen MR) is 174 cm³/mol. The molecule has 7 nitrogen and oxygen atoms in total. The maximum Gasteiger partial charge on any atom is 0.257 e. The summed E-state index contributed by atoms with van der Waals surface area (Å²) in [5, 5.41) is 12.2. The molecular weight excluding hydrogens is 704 g/mol. The Morgan fingerprint density at radius 3 is 2.10 bits per heavy atom. The van der Waals surface area contributed by atoms with E-state index in [0.717, 1.165) is 27.8 Å². The van der Waals surface area contributed by atoms with Crippen LogP contribution in [0, 0.1) is 35.0 Å². The minimum Gasteiger partial charge on any atom is -0.392 e. The van der Waals surface area contributed by atoms with Crippen molar-refractivity contribution in [3.05, 3.63) is 146 Å². The van der Waals surface area contributed by atoms with Crippen molar-refractivity contribution in [2.45, 2.75) is 45.1 Å². The quantitative estimate of drug-likeness (QED) is 0.0903. The van der Waals surface area contributed by atoms with Crippen LogP contribution < -0.4 is 5.32 Å². The lowest BCUT2D eigenvalue weighted by Gasteiger charge is -2.41. The van der Waals surface area contributed by atoms with Crippen LogP contribution in [0.15, 0.2) is 79.1 Å². The Bertz CT molecular complexity index is 2000. The first-order valence-electron chi connectivity index (χ1n) is 15.3. The number of rotatable bonds is 9. The number of aromatic nitrogens is 2. The lowest BCUT2D eigenvalue weighted by atomic mass is 9.90. The molecule has 0 saturated carbocycles. The van der Waals surface area contributed by atoms with E-state index in [0.29, 0.717) is 12.1 Å². The van der Waals surface area contributed by atoms with Crippen molar-refractivity contribution in [1.82, 2.24) is 14.9 Å². The monoisotopic (exact) mass is 731 g/mol. The van der Waals surface area contributed by atoms with Gasteiger partial charge in [0.25, 0.3) is 5.91 Å². The van der Waals surface area contributed by atoms with Gasteiger partial charge in [-0.1, -0.05) is 96.9 Å². The summed E-state index contributed by atoms with van der Waals surface area (Å²) in [4.78, 5) is 16.5. The van der Waals surface area contributed by atoms with Gasteiger partial charge in [0, 0.05) is 18.0 Å². The highest BCUT2D eigenvalue weighted by molar-refractivity contribution is 6.40. The van der Waals surface area contributed by atoms with Crippen molar-refractivity contribution in [2.24, 2.45) is 5.92 Å². The van der Waals surface area contributed by atoms with Gasteiger partial charge in [-0.05, 0) is 33.9 Å². The number of carbonyl (C=O) groups excluding carboxylic acids is 1. The number of aliphatic hydroxyl groups excluding tert-OH is 1. The van der Waals surface area contributed by atoms with Gasteiger partial charge in [0.15, 0.2) is 34.7 Å². The first-order valence-corrected chi connectivity index (χ1v) is 16.1. The van der Waals surface area contributed by atoms with E-state index in [1.54, 1.807) is 29.1 Å². The minimum atomic E-state index is -2.34. The van der Waals surface area contributed by atoms with E-state index in [1.807, 2.05) is 61.5 Å². The molecule has 0 radical (unpaired) electrons. The Hall–Kier alpha value is -4.33. The summed E-state index contributed by atoms with van der Waals surface area (Å²) in [5.41, 5.74) is 2.85. The van der Waals surface area contributed by atoms with Crippen LogP contribution in [0.5, 0.6) is 0 Å². The normalized spacial score (nSPS) is 19.1. The van der Waals surface area contributed by atoms with Gasteiger partial charge < -0.3 is 24.5 Å². The third kappa shape index (κ3) is 7.12. The third-order valence-electron chi connectivity index (χ3n) is 8.57. The fourth-order valence-corrected chi connectivity index (χ4v) is 6.07. The molecule has 2 heterocycles. The number of ether oxygens (including phenoxy) is 2. The molecule has 6 rings (SSSR count). The average Bonchev–Trinajstić information content (AvgIpc) is 3.45. The van der Waals surface area contributed by atoms with E-state index in [1.165, 1.54) is 0 Å². The molecule has 0 aliphatic carbocycles. The van der Waals surface area contributed by atoms with Crippen LogP contribution in [-0.4, -0.2) is 26.7 Å². The van der Waals surface area contributed by atoms with Crippen LogP contribution in [0.1, 0.15) is 51.9 Å². The van der Waals surface area contributed by atoms with Gasteiger partial charge in [0.05, 0.1) is 31.7 Å². The number of carbonyl (C=O) groups is 1. The molecule has 1 amide bonds. The SMILES string of the molecule is C[C@H]1[C@@H](Cn2cnc(Cl)c2Cl)O[C@@H](c2ccc(-c3cccc(CNC(=O)c4c(F)c(F)c(F)c(F)c4F)c3)cc2)O[C@H]1c1ccc(CO)cc1. The largest absolute Gasteiger partial charge is 0.392 e. The number of hydrogen-bond acceptors (Lipinski definition) is 5. The van der Waals surface area contributed by atoms with E-state index in [9.17, 15) is 31.9 Å². The lowest BCUT2D eigenvalue weighted by Crippen LogP contribution is -2.39. The Kier molecular flexibility index (Phi) is 10.6. The number of nitrogens with one attached hydrogen (secondary N) is 1. The molecule has 0 unspecified atom stereocenters. The van der Waals surface area contributed by atoms with Gasteiger partial charge in [0.2, 0.25) is 5.82 Å². The smallest absolute Gasteiger partial charge is 0.257 e. The van der Waals surface area contributed by atoms with Crippen molar-refractivity contribution in [2.75, 3.05) is 0 Å². The molecule has 1 aromatic heterocycles. The molecule has 0 spiro atoms. The average molecular weight is 733 g/mol. The van der Waals surface area contributed by atoms with Crippen LogP contribution in [0.3, 0.4) is 0 Å². The fraction of sp³-hybridized carbons (Fsp3) is 0.222.